The molecule has 0 radical (unpaired) electrons. The Morgan fingerprint density at radius 3 is 1.50 bits per heavy atom. The molecule has 0 atom stereocenters. The van der Waals surface area contributed by atoms with Crippen LogP contribution < -0.4 is 9.97 Å². The summed E-state index contributed by atoms with van der Waals surface area (Å²) in [5.74, 6) is 0. The second-order valence-corrected chi connectivity index (χ2v) is 3.49. The molecule has 0 aliphatic carbocycles. The van der Waals surface area contributed by atoms with Gasteiger partial charge in [0.1, 0.15) is 0 Å². The van der Waals surface area contributed by atoms with E-state index in [2.05, 4.69) is 60.2 Å². The Labute approximate surface area is 83.7 Å². The van der Waals surface area contributed by atoms with E-state index in [9.17, 15) is 0 Å². The van der Waals surface area contributed by atoms with Crippen LogP contribution in [0.4, 0.5) is 0 Å². The fraction of sp³-hybridized carbons (Fsp3) is 0.167. The lowest BCUT2D eigenvalue weighted by Gasteiger charge is -1.91. The van der Waals surface area contributed by atoms with E-state index in [0.29, 0.717) is 0 Å². The van der Waals surface area contributed by atoms with E-state index in [0.717, 1.165) is 22.8 Å². The van der Waals surface area contributed by atoms with Crippen molar-refractivity contribution in [3.8, 4) is 11.4 Å². The monoisotopic (exact) mass is 186 g/mol. The summed E-state index contributed by atoms with van der Waals surface area (Å²) in [5.41, 5.74) is 4.57. The first kappa shape index (κ1) is 8.88. The molecule has 70 valence electrons. The molecule has 2 aromatic rings. The molecular formula is C12H14N2+2. The van der Waals surface area contributed by atoms with E-state index in [4.69, 9.17) is 0 Å². The van der Waals surface area contributed by atoms with E-state index >= 15 is 0 Å². The quantitative estimate of drug-likeness (QED) is 0.647. The highest BCUT2D eigenvalue weighted by atomic mass is 14.8. The zero-order valence-electron chi connectivity index (χ0n) is 8.46. The molecule has 2 nitrogen and oxygen atoms in total. The van der Waals surface area contributed by atoms with Gasteiger partial charge in [-0.15, -0.1) is 0 Å². The van der Waals surface area contributed by atoms with E-state index in [-0.39, 0.29) is 0 Å². The largest absolute Gasteiger partial charge is 0.275 e. The molecule has 0 saturated carbocycles. The van der Waals surface area contributed by atoms with Gasteiger partial charge in [-0.05, 0) is 12.1 Å². The summed E-state index contributed by atoms with van der Waals surface area (Å²) in [7, 11) is 0. The Morgan fingerprint density at radius 2 is 1.14 bits per heavy atom. The molecule has 0 bridgehead atoms. The normalized spacial score (nSPS) is 10.1. The average Bonchev–Trinajstić information content (AvgIpc) is 2.18. The highest BCUT2D eigenvalue weighted by Gasteiger charge is 2.12. The van der Waals surface area contributed by atoms with Crippen molar-refractivity contribution in [1.29, 1.82) is 0 Å². The van der Waals surface area contributed by atoms with Crippen LogP contribution in [0.15, 0.2) is 36.4 Å². The predicted octanol–water partition coefficient (Wildman–Crippen LogP) is 1.60. The Bertz CT molecular complexity index is 406. The topological polar surface area (TPSA) is 28.3 Å². The van der Waals surface area contributed by atoms with Crippen LogP contribution in [-0.2, 0) is 0 Å². The van der Waals surface area contributed by atoms with Crippen LogP contribution in [0.25, 0.3) is 11.4 Å². The van der Waals surface area contributed by atoms with Crippen molar-refractivity contribution >= 4 is 0 Å². The molecule has 14 heavy (non-hydrogen) atoms. The van der Waals surface area contributed by atoms with Crippen LogP contribution in [0.2, 0.25) is 0 Å². The van der Waals surface area contributed by atoms with Gasteiger partial charge in [-0.1, -0.05) is 0 Å². The summed E-state index contributed by atoms with van der Waals surface area (Å²) in [6.45, 7) is 4.11. The van der Waals surface area contributed by atoms with Crippen LogP contribution in [0.5, 0.6) is 0 Å². The zero-order chi connectivity index (χ0) is 9.97. The Morgan fingerprint density at radius 1 is 0.714 bits per heavy atom. The first-order valence-corrected chi connectivity index (χ1v) is 4.74. The minimum absolute atomic E-state index is 1.12. The molecule has 2 heteroatoms. The molecule has 0 spiro atoms. The summed E-state index contributed by atoms with van der Waals surface area (Å²) in [6.07, 6.45) is 0. The van der Waals surface area contributed by atoms with Crippen LogP contribution in [0, 0.1) is 13.8 Å². The molecule has 0 aliphatic rings. The maximum Gasteiger partial charge on any atom is 0.275 e. The van der Waals surface area contributed by atoms with Crippen molar-refractivity contribution in [3.63, 3.8) is 0 Å². The molecule has 0 aromatic carbocycles. The molecule has 2 rings (SSSR count). The van der Waals surface area contributed by atoms with Gasteiger partial charge in [-0.2, -0.15) is 0 Å². The minimum Gasteiger partial charge on any atom is -0.204 e. The summed E-state index contributed by atoms with van der Waals surface area (Å²) >= 11 is 0. The smallest absolute Gasteiger partial charge is 0.204 e. The number of aryl methyl sites for hydroxylation is 2. The predicted molar refractivity (Wildman–Crippen MR) is 54.5 cm³/mol. The molecule has 0 amide bonds. The Kier molecular flexibility index (Phi) is 2.27. The number of hydrogen-bond donors (Lipinski definition) is 0. The van der Waals surface area contributed by atoms with Gasteiger partial charge in [0.15, 0.2) is 11.4 Å². The number of pyridine rings is 2. The summed E-state index contributed by atoms with van der Waals surface area (Å²) < 4.78 is 0. The molecule has 2 aromatic heterocycles. The lowest BCUT2D eigenvalue weighted by atomic mass is 10.2. The maximum atomic E-state index is 3.32. The molecule has 0 fully saturated rings. The fourth-order valence-electron chi connectivity index (χ4n) is 1.48. The highest BCUT2D eigenvalue weighted by Crippen LogP contribution is 2.07. The van der Waals surface area contributed by atoms with Crippen LogP contribution >= 0.6 is 0 Å². The van der Waals surface area contributed by atoms with Gasteiger partial charge in [-0.25, -0.2) is 9.97 Å². The Balaban J connectivity index is 2.49. The Hall–Kier alpha value is -1.70. The number of aromatic nitrogens is 2. The number of rotatable bonds is 1. The van der Waals surface area contributed by atoms with E-state index in [1.165, 1.54) is 0 Å². The fourth-order valence-corrected chi connectivity index (χ4v) is 1.48. The van der Waals surface area contributed by atoms with Crippen molar-refractivity contribution in [2.75, 3.05) is 0 Å². The molecule has 0 aliphatic heterocycles. The summed E-state index contributed by atoms with van der Waals surface area (Å²) in [5, 5.41) is 0. The van der Waals surface area contributed by atoms with Gasteiger partial charge in [-0.3, -0.25) is 0 Å². The van der Waals surface area contributed by atoms with Gasteiger partial charge in [0, 0.05) is 38.1 Å². The summed E-state index contributed by atoms with van der Waals surface area (Å²) in [4.78, 5) is 6.64. The SMILES string of the molecule is Cc1cccc(-c2cccc(C)[nH+]2)[nH+]1. The van der Waals surface area contributed by atoms with Crippen LogP contribution in [0.1, 0.15) is 11.4 Å². The average molecular weight is 186 g/mol. The van der Waals surface area contributed by atoms with E-state index in [1.807, 2.05) is 0 Å². The van der Waals surface area contributed by atoms with E-state index < -0.39 is 0 Å². The third-order valence-electron chi connectivity index (χ3n) is 2.17. The number of nitrogens with one attached hydrogen (secondary N) is 2. The number of aromatic amines is 2. The van der Waals surface area contributed by atoms with Crippen molar-refractivity contribution in [2.24, 2.45) is 0 Å². The van der Waals surface area contributed by atoms with Gasteiger partial charge < -0.3 is 0 Å². The molecule has 0 unspecified atom stereocenters. The maximum absolute atomic E-state index is 3.32. The third kappa shape index (κ3) is 1.79. The molecule has 2 N–H and O–H groups in total. The summed E-state index contributed by atoms with van der Waals surface area (Å²) in [6, 6.07) is 12.4. The lowest BCUT2D eigenvalue weighted by Crippen LogP contribution is -2.18. The first-order chi connectivity index (χ1) is 6.75. The second kappa shape index (κ2) is 3.58. The molecule has 2 heterocycles. The van der Waals surface area contributed by atoms with Crippen LogP contribution in [0.3, 0.4) is 0 Å². The number of H-pyrrole nitrogens is 2. The van der Waals surface area contributed by atoms with Crippen LogP contribution in [-0.4, -0.2) is 0 Å². The number of hydrogen-bond acceptors (Lipinski definition) is 0. The molecule has 0 saturated heterocycles. The van der Waals surface area contributed by atoms with E-state index in [1.54, 1.807) is 0 Å². The molecular weight excluding hydrogens is 172 g/mol. The van der Waals surface area contributed by atoms with Gasteiger partial charge in [0.05, 0.1) is 0 Å². The van der Waals surface area contributed by atoms with Crippen molar-refractivity contribution in [1.82, 2.24) is 0 Å². The second-order valence-electron chi connectivity index (χ2n) is 3.49. The third-order valence-corrected chi connectivity index (χ3v) is 2.17. The van der Waals surface area contributed by atoms with Crippen molar-refractivity contribution in [3.05, 3.63) is 47.8 Å². The zero-order valence-corrected chi connectivity index (χ0v) is 8.46. The van der Waals surface area contributed by atoms with Gasteiger partial charge in [0.25, 0.3) is 11.4 Å². The highest BCUT2D eigenvalue weighted by molar-refractivity contribution is 5.45. The van der Waals surface area contributed by atoms with Gasteiger partial charge in [0.2, 0.25) is 0 Å². The minimum atomic E-state index is 1.12. The van der Waals surface area contributed by atoms with Gasteiger partial charge >= 0.3 is 0 Å². The standard InChI is InChI=1S/C12H12N2/c1-9-5-3-7-11(13-9)12-8-4-6-10(2)14-12/h3-8H,1-2H3/p+2. The lowest BCUT2D eigenvalue weighted by molar-refractivity contribution is -0.411. The first-order valence-electron chi connectivity index (χ1n) is 4.74. The van der Waals surface area contributed by atoms with Crippen molar-refractivity contribution in [2.45, 2.75) is 13.8 Å². The van der Waals surface area contributed by atoms with Crippen molar-refractivity contribution < 1.29 is 9.97 Å².